The zero-order chi connectivity index (χ0) is 13.9. The van der Waals surface area contributed by atoms with Crippen molar-refractivity contribution < 1.29 is 0 Å². The molecule has 0 unspecified atom stereocenters. The number of nitriles is 1. The highest BCUT2D eigenvalue weighted by atomic mass is 15.1. The van der Waals surface area contributed by atoms with E-state index in [1.807, 2.05) is 30.3 Å². The van der Waals surface area contributed by atoms with Crippen molar-refractivity contribution in [2.75, 3.05) is 0 Å². The molecular weight excluding hydrogens is 248 g/mol. The molecule has 0 amide bonds. The molecule has 3 rings (SSSR count). The Kier molecular flexibility index (Phi) is 3.18. The van der Waals surface area contributed by atoms with Crippen molar-refractivity contribution in [3.63, 3.8) is 0 Å². The minimum atomic E-state index is 0.647. The van der Waals surface area contributed by atoms with Crippen molar-refractivity contribution in [2.24, 2.45) is 0 Å². The third-order valence-corrected chi connectivity index (χ3v) is 3.38. The maximum atomic E-state index is 8.97. The van der Waals surface area contributed by atoms with Gasteiger partial charge >= 0.3 is 0 Å². The number of aryl methyl sites for hydroxylation is 1. The fourth-order valence-corrected chi connectivity index (χ4v) is 2.42. The van der Waals surface area contributed by atoms with Crippen molar-refractivity contribution in [2.45, 2.75) is 19.9 Å². The Hall–Kier alpha value is -2.67. The number of benzene rings is 1. The quantitative estimate of drug-likeness (QED) is 0.729. The first-order chi connectivity index (χ1) is 9.81. The lowest BCUT2D eigenvalue weighted by atomic mass is 10.2. The van der Waals surface area contributed by atoms with E-state index in [4.69, 9.17) is 5.26 Å². The van der Waals surface area contributed by atoms with Gasteiger partial charge in [0.05, 0.1) is 22.7 Å². The Labute approximate surface area is 117 Å². The molecule has 0 N–H and O–H groups in total. The normalized spacial score (nSPS) is 10.6. The summed E-state index contributed by atoms with van der Waals surface area (Å²) in [6, 6.07) is 11.8. The fourth-order valence-electron chi connectivity index (χ4n) is 2.42. The maximum Gasteiger partial charge on any atom is 0.114 e. The predicted octanol–water partition coefficient (Wildman–Crippen LogP) is 2.91. The maximum absolute atomic E-state index is 8.97. The second kappa shape index (κ2) is 5.14. The topological polar surface area (TPSA) is 54.5 Å². The largest absolute Gasteiger partial charge is 0.328 e. The van der Waals surface area contributed by atoms with Gasteiger partial charge in [-0.05, 0) is 42.8 Å². The molecule has 2 heterocycles. The monoisotopic (exact) mass is 262 g/mol. The number of hydrogen-bond acceptors (Lipinski definition) is 3. The first kappa shape index (κ1) is 12.4. The third kappa shape index (κ3) is 2.14. The van der Waals surface area contributed by atoms with Crippen LogP contribution in [0, 0.1) is 11.3 Å². The van der Waals surface area contributed by atoms with Crippen molar-refractivity contribution in [1.82, 2.24) is 14.5 Å². The highest BCUT2D eigenvalue weighted by Gasteiger charge is 2.10. The molecule has 0 radical (unpaired) electrons. The molecule has 0 atom stereocenters. The van der Waals surface area contributed by atoms with Crippen molar-refractivity contribution >= 4 is 11.0 Å². The molecule has 0 saturated heterocycles. The Bertz CT molecular complexity index is 781. The zero-order valence-corrected chi connectivity index (χ0v) is 11.2. The van der Waals surface area contributed by atoms with E-state index in [2.05, 4.69) is 27.5 Å². The van der Waals surface area contributed by atoms with E-state index in [9.17, 15) is 0 Å². The summed E-state index contributed by atoms with van der Waals surface area (Å²) >= 11 is 0. The number of pyridine rings is 1. The Morgan fingerprint density at radius 2 is 2.00 bits per heavy atom. The van der Waals surface area contributed by atoms with Crippen LogP contribution in [-0.2, 0) is 13.0 Å². The third-order valence-electron chi connectivity index (χ3n) is 3.38. The number of fused-ring (bicyclic) bond motifs is 1. The molecule has 0 aliphatic carbocycles. The van der Waals surface area contributed by atoms with Crippen LogP contribution in [0.1, 0.15) is 23.9 Å². The lowest BCUT2D eigenvalue weighted by Crippen LogP contribution is -2.02. The molecule has 4 heteroatoms. The number of aromatic nitrogens is 3. The minimum absolute atomic E-state index is 0.647. The Morgan fingerprint density at radius 1 is 1.20 bits per heavy atom. The molecule has 0 spiro atoms. The lowest BCUT2D eigenvalue weighted by Gasteiger charge is -2.05. The Morgan fingerprint density at radius 3 is 2.70 bits per heavy atom. The van der Waals surface area contributed by atoms with Crippen LogP contribution in [0.3, 0.4) is 0 Å². The summed E-state index contributed by atoms with van der Waals surface area (Å²) in [6.07, 6.45) is 4.36. The second-order valence-electron chi connectivity index (χ2n) is 4.62. The minimum Gasteiger partial charge on any atom is -0.328 e. The molecular formula is C16H14N4. The van der Waals surface area contributed by atoms with Gasteiger partial charge in [-0.15, -0.1) is 0 Å². The molecule has 3 aromatic rings. The fraction of sp³-hybridized carbons (Fsp3) is 0.188. The summed E-state index contributed by atoms with van der Waals surface area (Å²) in [5.41, 5.74) is 3.80. The van der Waals surface area contributed by atoms with Gasteiger partial charge in [-0.2, -0.15) is 5.26 Å². The Balaban J connectivity index is 2.09. The van der Waals surface area contributed by atoms with Crippen LogP contribution in [0.25, 0.3) is 11.0 Å². The van der Waals surface area contributed by atoms with Crippen molar-refractivity contribution in [1.29, 1.82) is 5.26 Å². The molecule has 0 saturated carbocycles. The van der Waals surface area contributed by atoms with Crippen LogP contribution < -0.4 is 0 Å². The number of rotatable bonds is 3. The average molecular weight is 262 g/mol. The number of nitrogens with zero attached hydrogens (tertiary/aromatic N) is 4. The summed E-state index contributed by atoms with van der Waals surface area (Å²) in [5, 5.41) is 8.97. The van der Waals surface area contributed by atoms with E-state index in [0.717, 1.165) is 29.8 Å². The number of imidazole rings is 1. The molecule has 1 aromatic carbocycles. The molecule has 0 aliphatic heterocycles. The summed E-state index contributed by atoms with van der Waals surface area (Å²) in [4.78, 5) is 8.71. The van der Waals surface area contributed by atoms with Gasteiger partial charge in [0, 0.05) is 25.4 Å². The van der Waals surface area contributed by atoms with Gasteiger partial charge in [0.15, 0.2) is 0 Å². The first-order valence-corrected chi connectivity index (χ1v) is 6.60. The van der Waals surface area contributed by atoms with Gasteiger partial charge < -0.3 is 4.57 Å². The summed E-state index contributed by atoms with van der Waals surface area (Å²) in [6.45, 7) is 2.97. The average Bonchev–Trinajstić information content (AvgIpc) is 2.84. The second-order valence-corrected chi connectivity index (χ2v) is 4.62. The van der Waals surface area contributed by atoms with Gasteiger partial charge in [-0.1, -0.05) is 0 Å². The van der Waals surface area contributed by atoms with Crippen LogP contribution in [0.4, 0.5) is 0 Å². The molecule has 0 bridgehead atoms. The number of hydrogen-bond donors (Lipinski definition) is 0. The summed E-state index contributed by atoms with van der Waals surface area (Å²) in [5.74, 6) is 1.02. The van der Waals surface area contributed by atoms with E-state index in [0.29, 0.717) is 5.56 Å². The van der Waals surface area contributed by atoms with Crippen molar-refractivity contribution in [3.8, 4) is 6.07 Å². The van der Waals surface area contributed by atoms with E-state index in [-0.39, 0.29) is 0 Å². The van der Waals surface area contributed by atoms with Crippen LogP contribution in [-0.4, -0.2) is 14.5 Å². The van der Waals surface area contributed by atoms with E-state index in [1.165, 1.54) is 5.56 Å². The van der Waals surface area contributed by atoms with E-state index >= 15 is 0 Å². The summed E-state index contributed by atoms with van der Waals surface area (Å²) in [7, 11) is 0. The molecule has 20 heavy (non-hydrogen) atoms. The van der Waals surface area contributed by atoms with Gasteiger partial charge in [-0.25, -0.2) is 4.98 Å². The highest BCUT2D eigenvalue weighted by molar-refractivity contribution is 5.77. The van der Waals surface area contributed by atoms with Gasteiger partial charge in [-0.3, -0.25) is 4.98 Å². The van der Waals surface area contributed by atoms with E-state index in [1.54, 1.807) is 12.4 Å². The molecule has 4 nitrogen and oxygen atoms in total. The standard InChI is InChI=1S/C16H14N4/c1-2-20-15-4-3-13(11-17)9-14(15)19-16(20)10-12-5-7-18-8-6-12/h3-9H,2,10H2,1H3. The SMILES string of the molecule is CCn1c(Cc2ccncc2)nc2cc(C#N)ccc21. The molecule has 98 valence electrons. The van der Waals surface area contributed by atoms with Gasteiger partial charge in [0.25, 0.3) is 0 Å². The molecule has 2 aromatic heterocycles. The van der Waals surface area contributed by atoms with Crippen molar-refractivity contribution in [3.05, 3.63) is 59.7 Å². The first-order valence-electron chi connectivity index (χ1n) is 6.60. The van der Waals surface area contributed by atoms with Gasteiger partial charge in [0.1, 0.15) is 5.82 Å². The predicted molar refractivity (Wildman–Crippen MR) is 77.2 cm³/mol. The van der Waals surface area contributed by atoms with Crippen LogP contribution >= 0.6 is 0 Å². The smallest absolute Gasteiger partial charge is 0.114 e. The zero-order valence-electron chi connectivity index (χ0n) is 11.2. The van der Waals surface area contributed by atoms with Crippen LogP contribution in [0.2, 0.25) is 0 Å². The van der Waals surface area contributed by atoms with Gasteiger partial charge in [0.2, 0.25) is 0 Å². The summed E-state index contributed by atoms with van der Waals surface area (Å²) < 4.78 is 2.19. The molecule has 0 aliphatic rings. The van der Waals surface area contributed by atoms with Crippen LogP contribution in [0.5, 0.6) is 0 Å². The lowest BCUT2D eigenvalue weighted by molar-refractivity contribution is 0.733. The highest BCUT2D eigenvalue weighted by Crippen LogP contribution is 2.19. The molecule has 0 fully saturated rings. The van der Waals surface area contributed by atoms with Crippen LogP contribution in [0.15, 0.2) is 42.7 Å². The van der Waals surface area contributed by atoms with E-state index < -0.39 is 0 Å².